The summed E-state index contributed by atoms with van der Waals surface area (Å²) in [6, 6.07) is 5.86. The standard InChI is InChI=1S/C16H21N5OS/c1-13-10-15(19-22-13)12-20-6-3-7-21(9-8-20)16(23)18-14-4-2-5-17-11-14/h2,4-5,10-11H,3,6-9,12H2,1H3,(H,18,23). The van der Waals surface area contributed by atoms with Crippen molar-refractivity contribution < 1.29 is 4.52 Å². The van der Waals surface area contributed by atoms with E-state index in [1.807, 2.05) is 25.1 Å². The lowest BCUT2D eigenvalue weighted by atomic mass is 10.3. The molecule has 0 aliphatic carbocycles. The van der Waals surface area contributed by atoms with Crippen LogP contribution in [0.2, 0.25) is 0 Å². The van der Waals surface area contributed by atoms with E-state index < -0.39 is 0 Å². The number of anilines is 1. The Morgan fingerprint density at radius 3 is 3.00 bits per heavy atom. The summed E-state index contributed by atoms with van der Waals surface area (Å²) in [5.41, 5.74) is 1.92. The highest BCUT2D eigenvalue weighted by Gasteiger charge is 2.18. The van der Waals surface area contributed by atoms with Crippen LogP contribution in [0.4, 0.5) is 5.69 Å². The van der Waals surface area contributed by atoms with E-state index in [-0.39, 0.29) is 0 Å². The molecule has 0 saturated carbocycles. The molecule has 0 radical (unpaired) electrons. The van der Waals surface area contributed by atoms with Gasteiger partial charge in [0.2, 0.25) is 0 Å². The van der Waals surface area contributed by atoms with Crippen molar-refractivity contribution in [2.75, 3.05) is 31.5 Å². The Hall–Kier alpha value is -1.99. The first kappa shape index (κ1) is 15.9. The van der Waals surface area contributed by atoms with Crippen LogP contribution in [0.1, 0.15) is 17.9 Å². The highest BCUT2D eigenvalue weighted by Crippen LogP contribution is 2.11. The Bertz CT molecular complexity index is 645. The first-order valence-corrected chi connectivity index (χ1v) is 8.22. The van der Waals surface area contributed by atoms with Gasteiger partial charge in [-0.05, 0) is 37.7 Å². The SMILES string of the molecule is Cc1cc(CN2CCCN(C(=S)Nc3cccnc3)CC2)no1. The van der Waals surface area contributed by atoms with Gasteiger partial charge in [0.25, 0.3) is 0 Å². The molecule has 23 heavy (non-hydrogen) atoms. The molecule has 1 aliphatic rings. The van der Waals surface area contributed by atoms with Crippen LogP contribution in [-0.2, 0) is 6.54 Å². The molecule has 122 valence electrons. The van der Waals surface area contributed by atoms with Gasteiger partial charge in [0.15, 0.2) is 5.11 Å². The van der Waals surface area contributed by atoms with E-state index in [2.05, 4.69) is 25.3 Å². The van der Waals surface area contributed by atoms with E-state index in [4.69, 9.17) is 16.7 Å². The van der Waals surface area contributed by atoms with Crippen LogP contribution in [-0.4, -0.2) is 51.2 Å². The molecule has 0 aromatic carbocycles. The van der Waals surface area contributed by atoms with Crippen molar-refractivity contribution in [2.45, 2.75) is 19.9 Å². The van der Waals surface area contributed by atoms with Crippen molar-refractivity contribution >= 4 is 23.0 Å². The molecule has 2 aromatic heterocycles. The molecule has 1 aliphatic heterocycles. The molecule has 1 saturated heterocycles. The van der Waals surface area contributed by atoms with Crippen LogP contribution in [0.5, 0.6) is 0 Å². The number of aryl methyl sites for hydroxylation is 1. The average Bonchev–Trinajstić information content (AvgIpc) is 2.82. The minimum Gasteiger partial charge on any atom is -0.361 e. The van der Waals surface area contributed by atoms with Crippen molar-refractivity contribution in [3.05, 3.63) is 42.0 Å². The molecule has 0 unspecified atom stereocenters. The highest BCUT2D eigenvalue weighted by atomic mass is 32.1. The molecule has 3 heterocycles. The van der Waals surface area contributed by atoms with Gasteiger partial charge >= 0.3 is 0 Å². The number of nitrogens with one attached hydrogen (secondary N) is 1. The molecule has 7 heteroatoms. The van der Waals surface area contributed by atoms with E-state index in [0.717, 1.165) is 61.4 Å². The normalized spacial score (nSPS) is 16.1. The Labute approximate surface area is 141 Å². The van der Waals surface area contributed by atoms with Crippen molar-refractivity contribution in [1.29, 1.82) is 0 Å². The Balaban J connectivity index is 1.52. The van der Waals surface area contributed by atoms with Gasteiger partial charge in [0, 0.05) is 45.0 Å². The van der Waals surface area contributed by atoms with Crippen LogP contribution in [0.3, 0.4) is 0 Å². The molecule has 3 rings (SSSR count). The van der Waals surface area contributed by atoms with E-state index >= 15 is 0 Å². The third-order valence-corrected chi connectivity index (χ3v) is 4.21. The molecule has 6 nitrogen and oxygen atoms in total. The maximum atomic E-state index is 5.53. The molecule has 0 spiro atoms. The monoisotopic (exact) mass is 331 g/mol. The first-order valence-electron chi connectivity index (χ1n) is 7.81. The Kier molecular flexibility index (Phi) is 5.19. The van der Waals surface area contributed by atoms with Crippen LogP contribution in [0, 0.1) is 6.92 Å². The fourth-order valence-electron chi connectivity index (χ4n) is 2.69. The lowest BCUT2D eigenvalue weighted by Gasteiger charge is -2.24. The second-order valence-corrected chi connectivity index (χ2v) is 6.10. The number of hydrogen-bond donors (Lipinski definition) is 1. The van der Waals surface area contributed by atoms with Gasteiger partial charge in [0.05, 0.1) is 17.6 Å². The molecular weight excluding hydrogens is 310 g/mol. The lowest BCUT2D eigenvalue weighted by Crippen LogP contribution is -2.37. The maximum Gasteiger partial charge on any atom is 0.173 e. The van der Waals surface area contributed by atoms with E-state index in [1.165, 1.54) is 0 Å². The molecular formula is C16H21N5OS. The van der Waals surface area contributed by atoms with Gasteiger partial charge in [-0.15, -0.1) is 0 Å². The van der Waals surface area contributed by atoms with Crippen molar-refractivity contribution in [1.82, 2.24) is 19.9 Å². The van der Waals surface area contributed by atoms with Crippen molar-refractivity contribution in [2.24, 2.45) is 0 Å². The highest BCUT2D eigenvalue weighted by molar-refractivity contribution is 7.80. The third kappa shape index (κ3) is 4.49. The number of nitrogens with zero attached hydrogens (tertiary/aromatic N) is 4. The maximum absolute atomic E-state index is 5.53. The number of rotatable bonds is 3. The van der Waals surface area contributed by atoms with Crippen LogP contribution in [0.15, 0.2) is 35.1 Å². The van der Waals surface area contributed by atoms with Gasteiger partial charge in [-0.1, -0.05) is 5.16 Å². The molecule has 0 bridgehead atoms. The number of pyridine rings is 1. The fourth-order valence-corrected chi connectivity index (χ4v) is 2.99. The summed E-state index contributed by atoms with van der Waals surface area (Å²) >= 11 is 5.53. The van der Waals surface area contributed by atoms with Crippen molar-refractivity contribution in [3.8, 4) is 0 Å². The predicted octanol–water partition coefficient (Wildman–Crippen LogP) is 2.28. The quantitative estimate of drug-likeness (QED) is 0.866. The summed E-state index contributed by atoms with van der Waals surface area (Å²) in [4.78, 5) is 8.71. The van der Waals surface area contributed by atoms with Gasteiger partial charge in [0.1, 0.15) is 5.76 Å². The van der Waals surface area contributed by atoms with Crippen LogP contribution < -0.4 is 5.32 Å². The Morgan fingerprint density at radius 2 is 2.26 bits per heavy atom. The second kappa shape index (κ2) is 7.52. The minimum absolute atomic E-state index is 0.761. The molecule has 1 N–H and O–H groups in total. The molecule has 0 amide bonds. The smallest absolute Gasteiger partial charge is 0.173 e. The zero-order chi connectivity index (χ0) is 16.1. The summed E-state index contributed by atoms with van der Waals surface area (Å²) in [6.07, 6.45) is 4.61. The van der Waals surface area contributed by atoms with Gasteiger partial charge in [-0.25, -0.2) is 0 Å². The van der Waals surface area contributed by atoms with Gasteiger partial charge in [-0.3, -0.25) is 9.88 Å². The van der Waals surface area contributed by atoms with Gasteiger partial charge < -0.3 is 14.7 Å². The second-order valence-electron chi connectivity index (χ2n) is 5.72. The van der Waals surface area contributed by atoms with E-state index in [9.17, 15) is 0 Å². The zero-order valence-corrected chi connectivity index (χ0v) is 14.1. The predicted molar refractivity (Wildman–Crippen MR) is 93.2 cm³/mol. The van der Waals surface area contributed by atoms with Gasteiger partial charge in [-0.2, -0.15) is 0 Å². The number of hydrogen-bond acceptors (Lipinski definition) is 5. The van der Waals surface area contributed by atoms with Crippen molar-refractivity contribution in [3.63, 3.8) is 0 Å². The van der Waals surface area contributed by atoms with Crippen LogP contribution in [0.25, 0.3) is 0 Å². The lowest BCUT2D eigenvalue weighted by molar-refractivity contribution is 0.267. The minimum atomic E-state index is 0.761. The largest absolute Gasteiger partial charge is 0.361 e. The molecule has 1 fully saturated rings. The summed E-state index contributed by atoms with van der Waals surface area (Å²) in [5.74, 6) is 0.860. The molecule has 2 aromatic rings. The summed E-state index contributed by atoms with van der Waals surface area (Å²) < 4.78 is 5.14. The third-order valence-electron chi connectivity index (χ3n) is 3.85. The Morgan fingerprint density at radius 1 is 1.35 bits per heavy atom. The fraction of sp³-hybridized carbons (Fsp3) is 0.438. The zero-order valence-electron chi connectivity index (χ0n) is 13.2. The van der Waals surface area contributed by atoms with Crippen LogP contribution >= 0.6 is 12.2 Å². The summed E-state index contributed by atoms with van der Waals surface area (Å²) in [6.45, 7) is 6.61. The number of thiocarbonyl (C=S) groups is 1. The summed E-state index contributed by atoms with van der Waals surface area (Å²) in [7, 11) is 0. The number of aromatic nitrogens is 2. The first-order chi connectivity index (χ1) is 11.2. The summed E-state index contributed by atoms with van der Waals surface area (Å²) in [5, 5.41) is 8.09. The van der Waals surface area contributed by atoms with E-state index in [1.54, 1.807) is 12.4 Å². The average molecular weight is 331 g/mol. The molecule has 0 atom stereocenters. The van der Waals surface area contributed by atoms with E-state index in [0.29, 0.717) is 0 Å². The topological polar surface area (TPSA) is 57.4 Å².